The highest BCUT2D eigenvalue weighted by molar-refractivity contribution is 5.83. The molecular weight excluding hydrogens is 258 g/mol. The third-order valence-corrected chi connectivity index (χ3v) is 4.54. The van der Waals surface area contributed by atoms with Gasteiger partial charge in [-0.2, -0.15) is 0 Å². The monoisotopic (exact) mass is 285 g/mol. The van der Waals surface area contributed by atoms with Gasteiger partial charge in [0.15, 0.2) is 0 Å². The molecule has 1 fully saturated rings. The molecule has 3 heteroatoms. The lowest BCUT2D eigenvalue weighted by atomic mass is 9.98. The standard InChI is InChI=1S/C18H27N3/c1-2-11-21-14-16(17-5-3-4-6-18(17)21)13-20-12-15-7-9-19-10-8-15/h3-6,14-15,19-20H,2,7-13H2,1H3. The van der Waals surface area contributed by atoms with Crippen molar-refractivity contribution in [1.29, 1.82) is 0 Å². The van der Waals surface area contributed by atoms with Crippen molar-refractivity contribution in [2.75, 3.05) is 19.6 Å². The van der Waals surface area contributed by atoms with Crippen LogP contribution in [-0.2, 0) is 13.1 Å². The molecule has 0 atom stereocenters. The fourth-order valence-electron chi connectivity index (χ4n) is 3.39. The number of hydrogen-bond acceptors (Lipinski definition) is 2. The number of para-hydroxylation sites is 1. The molecule has 2 heterocycles. The Morgan fingerprint density at radius 2 is 2.05 bits per heavy atom. The normalized spacial score (nSPS) is 16.6. The van der Waals surface area contributed by atoms with E-state index in [1.165, 1.54) is 48.8 Å². The van der Waals surface area contributed by atoms with Crippen molar-refractivity contribution in [3.05, 3.63) is 36.0 Å². The molecule has 114 valence electrons. The maximum atomic E-state index is 3.68. The predicted molar refractivity (Wildman–Crippen MR) is 89.5 cm³/mol. The van der Waals surface area contributed by atoms with E-state index >= 15 is 0 Å². The highest BCUT2D eigenvalue weighted by Crippen LogP contribution is 2.21. The predicted octanol–water partition coefficient (Wildman–Crippen LogP) is 3.14. The number of benzene rings is 1. The van der Waals surface area contributed by atoms with Gasteiger partial charge in [-0.05, 0) is 56.4 Å². The molecule has 1 aliphatic heterocycles. The number of aryl methyl sites for hydroxylation is 1. The van der Waals surface area contributed by atoms with Crippen molar-refractivity contribution in [3.63, 3.8) is 0 Å². The Labute approximate surface area is 127 Å². The minimum Gasteiger partial charge on any atom is -0.347 e. The van der Waals surface area contributed by atoms with Crippen molar-refractivity contribution < 1.29 is 0 Å². The molecule has 0 saturated carbocycles. The lowest BCUT2D eigenvalue weighted by molar-refractivity contribution is 0.356. The first-order valence-electron chi connectivity index (χ1n) is 8.36. The third-order valence-electron chi connectivity index (χ3n) is 4.54. The Balaban J connectivity index is 1.65. The van der Waals surface area contributed by atoms with Crippen molar-refractivity contribution in [2.45, 2.75) is 39.3 Å². The number of nitrogens with zero attached hydrogens (tertiary/aromatic N) is 1. The summed E-state index contributed by atoms with van der Waals surface area (Å²) in [5, 5.41) is 8.52. The SMILES string of the molecule is CCCn1cc(CNCC2CCNCC2)c2ccccc21. The molecule has 2 aromatic rings. The maximum absolute atomic E-state index is 3.68. The quantitative estimate of drug-likeness (QED) is 0.854. The molecule has 1 aromatic heterocycles. The Bertz CT molecular complexity index is 567. The molecule has 3 rings (SSSR count). The number of hydrogen-bond donors (Lipinski definition) is 2. The molecule has 1 saturated heterocycles. The van der Waals surface area contributed by atoms with Crippen molar-refractivity contribution in [3.8, 4) is 0 Å². The van der Waals surface area contributed by atoms with Crippen molar-refractivity contribution in [2.24, 2.45) is 5.92 Å². The van der Waals surface area contributed by atoms with Crippen LogP contribution >= 0.6 is 0 Å². The second kappa shape index (κ2) is 7.10. The summed E-state index contributed by atoms with van der Waals surface area (Å²) in [6, 6.07) is 8.78. The van der Waals surface area contributed by atoms with Crippen LogP contribution in [0.4, 0.5) is 0 Å². The van der Waals surface area contributed by atoms with Crippen LogP contribution in [0.25, 0.3) is 10.9 Å². The van der Waals surface area contributed by atoms with Gasteiger partial charge >= 0.3 is 0 Å². The van der Waals surface area contributed by atoms with E-state index in [2.05, 4.69) is 52.6 Å². The summed E-state index contributed by atoms with van der Waals surface area (Å²) < 4.78 is 2.40. The molecule has 0 spiro atoms. The number of aromatic nitrogens is 1. The van der Waals surface area contributed by atoms with Gasteiger partial charge < -0.3 is 15.2 Å². The highest BCUT2D eigenvalue weighted by atomic mass is 15.0. The molecule has 2 N–H and O–H groups in total. The Morgan fingerprint density at radius 1 is 1.24 bits per heavy atom. The Morgan fingerprint density at radius 3 is 2.86 bits per heavy atom. The first kappa shape index (κ1) is 14.6. The van der Waals surface area contributed by atoms with Gasteiger partial charge in [0, 0.05) is 30.2 Å². The van der Waals surface area contributed by atoms with Crippen LogP contribution in [0.5, 0.6) is 0 Å². The summed E-state index contributed by atoms with van der Waals surface area (Å²) in [5.74, 6) is 0.843. The second-order valence-corrected chi connectivity index (χ2v) is 6.19. The van der Waals surface area contributed by atoms with Crippen molar-refractivity contribution in [1.82, 2.24) is 15.2 Å². The van der Waals surface area contributed by atoms with Gasteiger partial charge in [0.25, 0.3) is 0 Å². The first-order valence-corrected chi connectivity index (χ1v) is 8.36. The summed E-state index contributed by atoms with van der Waals surface area (Å²) in [7, 11) is 0. The fraction of sp³-hybridized carbons (Fsp3) is 0.556. The topological polar surface area (TPSA) is 29.0 Å². The van der Waals surface area contributed by atoms with E-state index in [-0.39, 0.29) is 0 Å². The van der Waals surface area contributed by atoms with E-state index in [1.807, 2.05) is 0 Å². The minimum atomic E-state index is 0.843. The Kier molecular flexibility index (Phi) is 4.94. The molecule has 0 unspecified atom stereocenters. The number of piperidine rings is 1. The van der Waals surface area contributed by atoms with Crippen LogP contribution < -0.4 is 10.6 Å². The lowest BCUT2D eigenvalue weighted by Crippen LogP contribution is -2.33. The van der Waals surface area contributed by atoms with E-state index in [4.69, 9.17) is 0 Å². The average molecular weight is 285 g/mol. The van der Waals surface area contributed by atoms with E-state index in [1.54, 1.807) is 0 Å². The van der Waals surface area contributed by atoms with Crippen LogP contribution in [0.3, 0.4) is 0 Å². The summed E-state index contributed by atoms with van der Waals surface area (Å²) >= 11 is 0. The van der Waals surface area contributed by atoms with Crippen LogP contribution in [-0.4, -0.2) is 24.2 Å². The van der Waals surface area contributed by atoms with E-state index in [0.717, 1.165) is 25.6 Å². The molecule has 1 aliphatic rings. The van der Waals surface area contributed by atoms with Gasteiger partial charge in [0.1, 0.15) is 0 Å². The zero-order valence-corrected chi connectivity index (χ0v) is 13.1. The molecule has 0 aliphatic carbocycles. The van der Waals surface area contributed by atoms with Crippen LogP contribution in [0.2, 0.25) is 0 Å². The number of fused-ring (bicyclic) bond motifs is 1. The van der Waals surface area contributed by atoms with Crippen LogP contribution in [0, 0.1) is 5.92 Å². The van der Waals surface area contributed by atoms with Crippen molar-refractivity contribution >= 4 is 10.9 Å². The number of nitrogens with one attached hydrogen (secondary N) is 2. The smallest absolute Gasteiger partial charge is 0.0483 e. The fourth-order valence-corrected chi connectivity index (χ4v) is 3.39. The van der Waals surface area contributed by atoms with Gasteiger partial charge in [0.2, 0.25) is 0 Å². The zero-order chi connectivity index (χ0) is 14.5. The average Bonchev–Trinajstić information content (AvgIpc) is 2.87. The summed E-state index contributed by atoms with van der Waals surface area (Å²) in [6.07, 6.45) is 6.14. The van der Waals surface area contributed by atoms with Gasteiger partial charge in [-0.15, -0.1) is 0 Å². The maximum Gasteiger partial charge on any atom is 0.0483 e. The van der Waals surface area contributed by atoms with E-state index in [9.17, 15) is 0 Å². The van der Waals surface area contributed by atoms with Crippen LogP contribution in [0.15, 0.2) is 30.5 Å². The molecule has 3 nitrogen and oxygen atoms in total. The molecule has 21 heavy (non-hydrogen) atoms. The summed E-state index contributed by atoms with van der Waals surface area (Å²) in [5.41, 5.74) is 2.81. The Hall–Kier alpha value is -1.32. The number of rotatable bonds is 6. The van der Waals surface area contributed by atoms with Gasteiger partial charge in [0.05, 0.1) is 0 Å². The van der Waals surface area contributed by atoms with Gasteiger partial charge in [-0.3, -0.25) is 0 Å². The molecular formula is C18H27N3. The van der Waals surface area contributed by atoms with Gasteiger partial charge in [-0.1, -0.05) is 25.1 Å². The molecule has 1 aromatic carbocycles. The van der Waals surface area contributed by atoms with E-state index < -0.39 is 0 Å². The molecule has 0 bridgehead atoms. The second-order valence-electron chi connectivity index (χ2n) is 6.19. The largest absolute Gasteiger partial charge is 0.347 e. The van der Waals surface area contributed by atoms with E-state index in [0.29, 0.717) is 0 Å². The molecule has 0 radical (unpaired) electrons. The zero-order valence-electron chi connectivity index (χ0n) is 13.1. The molecule has 0 amide bonds. The van der Waals surface area contributed by atoms with Gasteiger partial charge in [-0.25, -0.2) is 0 Å². The minimum absolute atomic E-state index is 0.843. The summed E-state index contributed by atoms with van der Waals surface area (Å²) in [4.78, 5) is 0. The third kappa shape index (κ3) is 3.47. The first-order chi connectivity index (χ1) is 10.4. The lowest BCUT2D eigenvalue weighted by Gasteiger charge is -2.22. The van der Waals surface area contributed by atoms with Crippen LogP contribution in [0.1, 0.15) is 31.7 Å². The highest BCUT2D eigenvalue weighted by Gasteiger charge is 2.13. The summed E-state index contributed by atoms with van der Waals surface area (Å²) in [6.45, 7) is 7.85.